The lowest BCUT2D eigenvalue weighted by molar-refractivity contribution is -0.141. The second-order valence-electron chi connectivity index (χ2n) is 6.03. The number of carbonyl (C=O) groups is 1. The number of carboxylic acid groups (broad SMARTS) is 1. The van der Waals surface area contributed by atoms with Crippen molar-refractivity contribution in [2.24, 2.45) is 0 Å². The first-order chi connectivity index (χ1) is 9.27. The molecule has 2 aromatic rings. The highest BCUT2D eigenvalue weighted by Crippen LogP contribution is 2.32. The highest BCUT2D eigenvalue weighted by molar-refractivity contribution is 5.89. The predicted octanol–water partition coefficient (Wildman–Crippen LogP) is 2.95. The van der Waals surface area contributed by atoms with Crippen molar-refractivity contribution in [2.75, 3.05) is 5.73 Å². The van der Waals surface area contributed by atoms with Crippen molar-refractivity contribution in [1.82, 2.24) is 9.55 Å². The number of hydrogen-bond donors (Lipinski definition) is 2. The minimum atomic E-state index is -0.847. The van der Waals surface area contributed by atoms with Crippen LogP contribution in [0.15, 0.2) is 18.2 Å². The van der Waals surface area contributed by atoms with Gasteiger partial charge in [0.2, 0.25) is 0 Å². The third-order valence-electron chi connectivity index (χ3n) is 3.41. The van der Waals surface area contributed by atoms with Gasteiger partial charge in [-0.15, -0.1) is 0 Å². The number of para-hydroxylation sites is 1. The van der Waals surface area contributed by atoms with Gasteiger partial charge in [0.25, 0.3) is 0 Å². The van der Waals surface area contributed by atoms with Crippen LogP contribution in [0, 0.1) is 0 Å². The largest absolute Gasteiger partial charge is 0.480 e. The molecule has 5 nitrogen and oxygen atoms in total. The summed E-state index contributed by atoms with van der Waals surface area (Å²) < 4.78 is 1.81. The summed E-state index contributed by atoms with van der Waals surface area (Å²) in [7, 11) is 0. The van der Waals surface area contributed by atoms with Gasteiger partial charge in [-0.25, -0.2) is 9.78 Å². The van der Waals surface area contributed by atoms with Crippen LogP contribution in [0.4, 0.5) is 5.69 Å². The molecule has 0 saturated carbocycles. The lowest BCUT2D eigenvalue weighted by Crippen LogP contribution is -2.26. The molecule has 1 heterocycles. The molecule has 0 aliphatic rings. The molecule has 0 fully saturated rings. The van der Waals surface area contributed by atoms with Crippen molar-refractivity contribution in [2.45, 2.75) is 45.6 Å². The van der Waals surface area contributed by atoms with E-state index in [0.717, 1.165) is 11.3 Å². The Bertz CT molecular complexity index is 653. The van der Waals surface area contributed by atoms with Crippen LogP contribution < -0.4 is 5.73 Å². The molecule has 0 aliphatic carbocycles. The van der Waals surface area contributed by atoms with Crippen LogP contribution in [-0.2, 0) is 10.2 Å². The van der Waals surface area contributed by atoms with Gasteiger partial charge < -0.3 is 15.4 Å². The van der Waals surface area contributed by atoms with Crippen LogP contribution in [0.5, 0.6) is 0 Å². The molecule has 0 bridgehead atoms. The summed E-state index contributed by atoms with van der Waals surface area (Å²) in [4.78, 5) is 16.2. The molecule has 3 N–H and O–H groups in total. The molecule has 2 rings (SSSR count). The van der Waals surface area contributed by atoms with E-state index in [1.807, 2.05) is 44.4 Å². The Hall–Kier alpha value is -2.04. The number of aromatic nitrogens is 2. The van der Waals surface area contributed by atoms with Gasteiger partial charge in [0.15, 0.2) is 0 Å². The van der Waals surface area contributed by atoms with E-state index in [-0.39, 0.29) is 5.41 Å². The molecule has 0 spiro atoms. The zero-order valence-corrected chi connectivity index (χ0v) is 12.3. The molecule has 0 radical (unpaired) electrons. The summed E-state index contributed by atoms with van der Waals surface area (Å²) in [5.74, 6) is -0.0978. The number of nitrogens with zero attached hydrogens (tertiary/aromatic N) is 2. The number of imidazole rings is 1. The summed E-state index contributed by atoms with van der Waals surface area (Å²) in [5.41, 5.74) is 7.76. The third kappa shape index (κ3) is 2.24. The van der Waals surface area contributed by atoms with Gasteiger partial charge >= 0.3 is 5.97 Å². The summed E-state index contributed by atoms with van der Waals surface area (Å²) in [6.45, 7) is 7.93. The van der Waals surface area contributed by atoms with Crippen molar-refractivity contribution in [1.29, 1.82) is 0 Å². The lowest BCUT2D eigenvalue weighted by Gasteiger charge is -2.23. The predicted molar refractivity (Wildman–Crippen MR) is 79.8 cm³/mol. The summed E-state index contributed by atoms with van der Waals surface area (Å²) >= 11 is 0. The van der Waals surface area contributed by atoms with Crippen molar-refractivity contribution in [3.8, 4) is 0 Å². The summed E-state index contributed by atoms with van der Waals surface area (Å²) in [6.07, 6.45) is 0.499. The fraction of sp³-hybridized carbons (Fsp3) is 0.467. The van der Waals surface area contributed by atoms with Crippen molar-refractivity contribution in [3.63, 3.8) is 0 Å². The van der Waals surface area contributed by atoms with Gasteiger partial charge in [-0.05, 0) is 18.6 Å². The molecule has 1 aromatic heterocycles. The summed E-state index contributed by atoms with van der Waals surface area (Å²) in [6, 6.07) is 4.86. The molecule has 1 unspecified atom stereocenters. The number of hydrogen-bond acceptors (Lipinski definition) is 3. The van der Waals surface area contributed by atoms with Gasteiger partial charge in [-0.1, -0.05) is 33.8 Å². The molecular weight excluding hydrogens is 254 g/mol. The molecule has 1 aromatic carbocycles. The third-order valence-corrected chi connectivity index (χ3v) is 3.41. The van der Waals surface area contributed by atoms with Gasteiger partial charge in [0.05, 0.1) is 11.2 Å². The van der Waals surface area contributed by atoms with Crippen LogP contribution in [0.2, 0.25) is 0 Å². The van der Waals surface area contributed by atoms with Crippen molar-refractivity contribution in [3.05, 3.63) is 24.0 Å². The minimum Gasteiger partial charge on any atom is -0.480 e. The van der Waals surface area contributed by atoms with E-state index in [0.29, 0.717) is 17.6 Å². The van der Waals surface area contributed by atoms with E-state index < -0.39 is 12.0 Å². The van der Waals surface area contributed by atoms with E-state index in [1.165, 1.54) is 0 Å². The van der Waals surface area contributed by atoms with E-state index in [9.17, 15) is 9.90 Å². The average Bonchev–Trinajstić information content (AvgIpc) is 2.71. The highest BCUT2D eigenvalue weighted by Gasteiger charge is 2.29. The molecule has 5 heteroatoms. The fourth-order valence-electron chi connectivity index (χ4n) is 2.45. The highest BCUT2D eigenvalue weighted by atomic mass is 16.4. The Labute approximate surface area is 118 Å². The van der Waals surface area contributed by atoms with Crippen LogP contribution in [0.3, 0.4) is 0 Å². The molecule has 0 aliphatic heterocycles. The van der Waals surface area contributed by atoms with Crippen LogP contribution >= 0.6 is 0 Å². The topological polar surface area (TPSA) is 81.1 Å². The van der Waals surface area contributed by atoms with Gasteiger partial charge in [0.1, 0.15) is 17.4 Å². The van der Waals surface area contributed by atoms with Crippen LogP contribution in [-0.4, -0.2) is 20.6 Å². The maximum atomic E-state index is 11.6. The second kappa shape index (κ2) is 4.81. The molecule has 0 saturated heterocycles. The van der Waals surface area contributed by atoms with Gasteiger partial charge in [0, 0.05) is 5.41 Å². The molecule has 1 atom stereocenters. The normalized spacial score (nSPS) is 13.6. The Kier molecular flexibility index (Phi) is 3.46. The molecular formula is C15H21N3O2. The van der Waals surface area contributed by atoms with E-state index in [1.54, 1.807) is 6.07 Å². The minimum absolute atomic E-state index is 0.256. The number of benzene rings is 1. The molecule has 20 heavy (non-hydrogen) atoms. The van der Waals surface area contributed by atoms with E-state index >= 15 is 0 Å². The van der Waals surface area contributed by atoms with Crippen molar-refractivity contribution >= 4 is 22.7 Å². The first kappa shape index (κ1) is 14.4. The monoisotopic (exact) mass is 275 g/mol. The van der Waals surface area contributed by atoms with Crippen LogP contribution in [0.1, 0.15) is 46.0 Å². The van der Waals surface area contributed by atoms with Gasteiger partial charge in [-0.2, -0.15) is 0 Å². The smallest absolute Gasteiger partial charge is 0.326 e. The standard InChI is InChI=1S/C15H21N3O2/c1-5-10(13(19)20)18-11-8-6-7-9(16)12(11)17-14(18)15(2,3)4/h6-8,10H,5,16H2,1-4H3,(H,19,20). The SMILES string of the molecule is CCC(C(=O)O)n1c(C(C)(C)C)nc2c(N)cccc21. The Morgan fingerprint density at radius 3 is 2.60 bits per heavy atom. The molecule has 108 valence electrons. The van der Waals surface area contributed by atoms with Crippen LogP contribution in [0.25, 0.3) is 11.0 Å². The summed E-state index contributed by atoms with van der Waals surface area (Å²) in [5, 5.41) is 9.48. The zero-order valence-electron chi connectivity index (χ0n) is 12.3. The average molecular weight is 275 g/mol. The Balaban J connectivity index is 2.84. The van der Waals surface area contributed by atoms with E-state index in [4.69, 9.17) is 5.73 Å². The maximum absolute atomic E-state index is 11.6. The number of anilines is 1. The molecule has 0 amide bonds. The number of nitrogens with two attached hydrogens (primary N) is 1. The quantitative estimate of drug-likeness (QED) is 0.844. The number of carboxylic acids is 1. The van der Waals surface area contributed by atoms with Gasteiger partial charge in [-0.3, -0.25) is 0 Å². The Morgan fingerprint density at radius 2 is 2.10 bits per heavy atom. The number of aliphatic carboxylic acids is 1. The van der Waals surface area contributed by atoms with E-state index in [2.05, 4.69) is 4.98 Å². The first-order valence-corrected chi connectivity index (χ1v) is 6.77. The number of nitrogen functional groups attached to an aromatic ring is 1. The number of rotatable bonds is 3. The maximum Gasteiger partial charge on any atom is 0.326 e. The lowest BCUT2D eigenvalue weighted by atomic mass is 9.95. The zero-order chi connectivity index (χ0) is 15.1. The van der Waals surface area contributed by atoms with Crippen molar-refractivity contribution < 1.29 is 9.90 Å². The fourth-order valence-corrected chi connectivity index (χ4v) is 2.45. The second-order valence-corrected chi connectivity index (χ2v) is 6.03. The number of fused-ring (bicyclic) bond motifs is 1. The Morgan fingerprint density at radius 1 is 1.45 bits per heavy atom. The first-order valence-electron chi connectivity index (χ1n) is 6.77.